The predicted molar refractivity (Wildman–Crippen MR) is 121 cm³/mol. The van der Waals surface area contributed by atoms with E-state index in [1.54, 1.807) is 4.90 Å². The summed E-state index contributed by atoms with van der Waals surface area (Å²) in [5.74, 6) is 1.56. The Morgan fingerprint density at radius 1 is 1.16 bits per heavy atom. The number of hydrogen-bond donors (Lipinski definition) is 1. The van der Waals surface area contributed by atoms with Crippen LogP contribution in [0.15, 0.2) is 42.5 Å². The summed E-state index contributed by atoms with van der Waals surface area (Å²) in [6.07, 6.45) is 6.03. The van der Waals surface area contributed by atoms with Gasteiger partial charge in [0.1, 0.15) is 11.5 Å². The average Bonchev–Trinajstić information content (AvgIpc) is 2.78. The molecule has 1 saturated carbocycles. The molecule has 4 rings (SSSR count). The fourth-order valence-corrected chi connectivity index (χ4v) is 4.25. The highest BCUT2D eigenvalue weighted by atomic mass is 16.5. The second-order valence-corrected chi connectivity index (χ2v) is 8.36. The van der Waals surface area contributed by atoms with E-state index in [-0.39, 0.29) is 24.3 Å². The van der Waals surface area contributed by atoms with E-state index >= 15 is 0 Å². The molecule has 1 fully saturated rings. The second-order valence-electron chi connectivity index (χ2n) is 8.36. The summed E-state index contributed by atoms with van der Waals surface area (Å²) in [7, 11) is 0. The first-order valence-electron chi connectivity index (χ1n) is 11.2. The van der Waals surface area contributed by atoms with Gasteiger partial charge in [-0.25, -0.2) is 0 Å². The van der Waals surface area contributed by atoms with Crippen molar-refractivity contribution in [3.63, 3.8) is 0 Å². The highest BCUT2D eigenvalue weighted by Gasteiger charge is 2.26. The Morgan fingerprint density at radius 2 is 2.00 bits per heavy atom. The van der Waals surface area contributed by atoms with Gasteiger partial charge in [0, 0.05) is 18.2 Å². The molecule has 1 heterocycles. The van der Waals surface area contributed by atoms with Crippen LogP contribution in [-0.2, 0) is 9.59 Å². The molecule has 6 heteroatoms. The van der Waals surface area contributed by atoms with Crippen molar-refractivity contribution in [2.75, 3.05) is 30.0 Å². The standard InChI is InChI=1S/C25H30N2O4/c1-18-7-5-10-21(15-18)30-14-6-13-27-22-16-20(11-12-23(22)31-17-24(27)28)26-25(29)19-8-3-2-4-9-19/h5,7,10-12,15-16,19H,2-4,6,8-9,13-14,17H2,1H3,(H,26,29). The Labute approximate surface area is 183 Å². The van der Waals surface area contributed by atoms with E-state index < -0.39 is 0 Å². The topological polar surface area (TPSA) is 67.9 Å². The first-order chi connectivity index (χ1) is 15.1. The Morgan fingerprint density at radius 3 is 2.81 bits per heavy atom. The van der Waals surface area contributed by atoms with Crippen LogP contribution in [0.25, 0.3) is 0 Å². The van der Waals surface area contributed by atoms with Gasteiger partial charge >= 0.3 is 0 Å². The van der Waals surface area contributed by atoms with Crippen LogP contribution < -0.4 is 19.7 Å². The van der Waals surface area contributed by atoms with Gasteiger partial charge in [-0.15, -0.1) is 0 Å². The zero-order chi connectivity index (χ0) is 21.6. The lowest BCUT2D eigenvalue weighted by atomic mass is 9.88. The van der Waals surface area contributed by atoms with Crippen LogP contribution in [0.3, 0.4) is 0 Å². The summed E-state index contributed by atoms with van der Waals surface area (Å²) in [5.41, 5.74) is 2.56. The van der Waals surface area contributed by atoms with Gasteiger partial charge in [-0.3, -0.25) is 9.59 Å². The molecule has 1 aliphatic heterocycles. The maximum absolute atomic E-state index is 12.6. The van der Waals surface area contributed by atoms with E-state index in [9.17, 15) is 9.59 Å². The monoisotopic (exact) mass is 422 g/mol. The minimum absolute atomic E-state index is 0.0273. The summed E-state index contributed by atoms with van der Waals surface area (Å²) < 4.78 is 11.4. The Bertz CT molecular complexity index is 937. The van der Waals surface area contributed by atoms with Crippen molar-refractivity contribution in [3.8, 4) is 11.5 Å². The zero-order valence-electron chi connectivity index (χ0n) is 18.1. The molecule has 164 valence electrons. The van der Waals surface area contributed by atoms with Crippen LogP contribution in [0, 0.1) is 12.8 Å². The van der Waals surface area contributed by atoms with E-state index in [4.69, 9.17) is 9.47 Å². The van der Waals surface area contributed by atoms with E-state index in [1.807, 2.05) is 49.4 Å². The molecule has 2 aliphatic rings. The van der Waals surface area contributed by atoms with Crippen LogP contribution in [0.2, 0.25) is 0 Å². The molecule has 0 atom stereocenters. The lowest BCUT2D eigenvalue weighted by Crippen LogP contribution is -2.40. The lowest BCUT2D eigenvalue weighted by Gasteiger charge is -2.30. The predicted octanol–water partition coefficient (Wildman–Crippen LogP) is 4.71. The molecule has 0 spiro atoms. The molecule has 0 unspecified atom stereocenters. The maximum Gasteiger partial charge on any atom is 0.265 e. The summed E-state index contributed by atoms with van der Waals surface area (Å²) in [6.45, 7) is 3.10. The molecule has 0 saturated heterocycles. The number of amides is 2. The SMILES string of the molecule is Cc1cccc(OCCCN2C(=O)COc3ccc(NC(=O)C4CCCCC4)cc32)c1. The summed E-state index contributed by atoms with van der Waals surface area (Å²) in [4.78, 5) is 26.9. The van der Waals surface area contributed by atoms with Crippen LogP contribution in [0.1, 0.15) is 44.1 Å². The molecule has 6 nitrogen and oxygen atoms in total. The molecule has 0 aromatic heterocycles. The molecule has 31 heavy (non-hydrogen) atoms. The van der Waals surface area contributed by atoms with Gasteiger partial charge in [-0.2, -0.15) is 0 Å². The third-order valence-corrected chi connectivity index (χ3v) is 5.93. The molecule has 1 aliphatic carbocycles. The number of anilines is 2. The number of carbonyl (C=O) groups excluding carboxylic acids is 2. The number of ether oxygens (including phenoxy) is 2. The number of carbonyl (C=O) groups is 2. The number of nitrogens with one attached hydrogen (secondary N) is 1. The fraction of sp³-hybridized carbons (Fsp3) is 0.440. The Balaban J connectivity index is 1.38. The highest BCUT2D eigenvalue weighted by molar-refractivity contribution is 5.99. The molecule has 2 amide bonds. The normalized spacial score (nSPS) is 16.4. The number of fused-ring (bicyclic) bond motifs is 1. The number of nitrogens with zero attached hydrogens (tertiary/aromatic N) is 1. The van der Waals surface area contributed by atoms with Gasteiger partial charge < -0.3 is 19.7 Å². The molecular weight excluding hydrogens is 392 g/mol. The lowest BCUT2D eigenvalue weighted by molar-refractivity contribution is -0.121. The third kappa shape index (κ3) is 5.37. The van der Waals surface area contributed by atoms with Gasteiger partial charge in [0.25, 0.3) is 5.91 Å². The molecule has 2 aromatic rings. The number of rotatable bonds is 7. The summed E-state index contributed by atoms with van der Waals surface area (Å²) >= 11 is 0. The van der Waals surface area contributed by atoms with Crippen molar-refractivity contribution in [2.24, 2.45) is 5.92 Å². The fourth-order valence-electron chi connectivity index (χ4n) is 4.25. The average molecular weight is 423 g/mol. The number of hydrogen-bond acceptors (Lipinski definition) is 4. The van der Waals surface area contributed by atoms with Crippen molar-refractivity contribution < 1.29 is 19.1 Å². The smallest absolute Gasteiger partial charge is 0.265 e. The highest BCUT2D eigenvalue weighted by Crippen LogP contribution is 2.35. The van der Waals surface area contributed by atoms with Crippen LogP contribution >= 0.6 is 0 Å². The molecule has 0 bridgehead atoms. The van der Waals surface area contributed by atoms with Crippen molar-refractivity contribution in [1.29, 1.82) is 0 Å². The molecular formula is C25H30N2O4. The summed E-state index contributed by atoms with van der Waals surface area (Å²) in [6, 6.07) is 13.4. The van der Waals surface area contributed by atoms with Crippen molar-refractivity contribution in [3.05, 3.63) is 48.0 Å². The van der Waals surface area contributed by atoms with Gasteiger partial charge in [0.2, 0.25) is 5.91 Å². The largest absolute Gasteiger partial charge is 0.494 e. The van der Waals surface area contributed by atoms with Crippen molar-refractivity contribution in [2.45, 2.75) is 45.4 Å². The minimum Gasteiger partial charge on any atom is -0.494 e. The minimum atomic E-state index is -0.0844. The van der Waals surface area contributed by atoms with Crippen LogP contribution in [0.5, 0.6) is 11.5 Å². The molecule has 2 aromatic carbocycles. The first kappa shape index (κ1) is 21.2. The van der Waals surface area contributed by atoms with Crippen LogP contribution in [-0.4, -0.2) is 31.6 Å². The quantitative estimate of drug-likeness (QED) is 0.656. The number of aryl methyl sites for hydroxylation is 1. The van der Waals surface area contributed by atoms with Crippen LogP contribution in [0.4, 0.5) is 11.4 Å². The Hall–Kier alpha value is -3.02. The zero-order valence-corrected chi connectivity index (χ0v) is 18.1. The third-order valence-electron chi connectivity index (χ3n) is 5.93. The van der Waals surface area contributed by atoms with Gasteiger partial charge in [0.15, 0.2) is 6.61 Å². The van der Waals surface area contributed by atoms with Crippen molar-refractivity contribution in [1.82, 2.24) is 0 Å². The molecule has 1 N–H and O–H groups in total. The maximum atomic E-state index is 12.6. The van der Waals surface area contributed by atoms with Crippen molar-refractivity contribution >= 4 is 23.2 Å². The summed E-state index contributed by atoms with van der Waals surface area (Å²) in [5, 5.41) is 3.03. The number of benzene rings is 2. The van der Waals surface area contributed by atoms with E-state index in [0.29, 0.717) is 36.7 Å². The second kappa shape index (κ2) is 9.86. The van der Waals surface area contributed by atoms with E-state index in [2.05, 4.69) is 5.32 Å². The first-order valence-corrected chi connectivity index (χ1v) is 11.2. The van der Waals surface area contributed by atoms with Gasteiger partial charge in [-0.1, -0.05) is 31.4 Å². The Kier molecular flexibility index (Phi) is 6.75. The van der Waals surface area contributed by atoms with Gasteiger partial charge in [-0.05, 0) is 62.1 Å². The van der Waals surface area contributed by atoms with E-state index in [1.165, 1.54) is 6.42 Å². The van der Waals surface area contributed by atoms with Gasteiger partial charge in [0.05, 0.1) is 12.3 Å². The van der Waals surface area contributed by atoms with E-state index in [0.717, 1.165) is 37.0 Å². The molecule has 0 radical (unpaired) electrons.